The van der Waals surface area contributed by atoms with E-state index in [4.69, 9.17) is 0 Å². The zero-order chi connectivity index (χ0) is 13.6. The Balaban J connectivity index is 1.48. The fourth-order valence-corrected chi connectivity index (χ4v) is 3.35. The van der Waals surface area contributed by atoms with Crippen molar-refractivity contribution in [3.05, 3.63) is 30.3 Å². The molecule has 0 saturated heterocycles. The molecule has 1 aliphatic rings. The maximum absolute atomic E-state index is 4.15. The second-order valence-electron chi connectivity index (χ2n) is 4.99. The second kappa shape index (κ2) is 6.74. The number of rotatable bonds is 6. The highest BCUT2D eigenvalue weighted by Crippen LogP contribution is 2.31. The first-order valence-electron chi connectivity index (χ1n) is 7.13. The summed E-state index contributed by atoms with van der Waals surface area (Å²) in [7, 11) is 0. The number of thioether (sulfide) groups is 1. The van der Waals surface area contributed by atoms with E-state index in [2.05, 4.69) is 33.0 Å². The molecule has 106 valence electrons. The number of nitrogens with one attached hydrogen (secondary N) is 1. The molecule has 1 aromatic carbocycles. The van der Waals surface area contributed by atoms with Crippen LogP contribution >= 0.6 is 11.8 Å². The first-order chi connectivity index (χ1) is 9.93. The highest BCUT2D eigenvalue weighted by molar-refractivity contribution is 7.99. The summed E-state index contributed by atoms with van der Waals surface area (Å²) in [4.78, 5) is 0. The van der Waals surface area contributed by atoms with Crippen LogP contribution in [0.3, 0.4) is 0 Å². The quantitative estimate of drug-likeness (QED) is 0.654. The molecule has 1 saturated carbocycles. The number of hydrogen-bond acceptors (Lipinski definition) is 5. The topological polar surface area (TPSA) is 55.6 Å². The van der Waals surface area contributed by atoms with Gasteiger partial charge in [0.2, 0.25) is 5.16 Å². The second-order valence-corrected chi connectivity index (χ2v) is 6.05. The third kappa shape index (κ3) is 3.30. The van der Waals surface area contributed by atoms with Crippen molar-refractivity contribution in [3.8, 4) is 0 Å². The van der Waals surface area contributed by atoms with E-state index in [1.807, 2.05) is 22.9 Å². The van der Waals surface area contributed by atoms with E-state index in [1.54, 1.807) is 11.8 Å². The van der Waals surface area contributed by atoms with Crippen molar-refractivity contribution in [1.29, 1.82) is 0 Å². The lowest BCUT2D eigenvalue weighted by molar-refractivity contribution is 0.423. The monoisotopic (exact) mass is 289 g/mol. The first-order valence-corrected chi connectivity index (χ1v) is 8.11. The van der Waals surface area contributed by atoms with Crippen LogP contribution in [0.2, 0.25) is 0 Å². The van der Waals surface area contributed by atoms with Gasteiger partial charge in [0, 0.05) is 18.0 Å². The van der Waals surface area contributed by atoms with Crippen LogP contribution < -0.4 is 5.32 Å². The predicted molar refractivity (Wildman–Crippen MR) is 81.0 cm³/mol. The molecule has 0 aliphatic heterocycles. The molecule has 2 aromatic rings. The third-order valence-corrected chi connectivity index (χ3v) is 4.50. The van der Waals surface area contributed by atoms with E-state index in [1.165, 1.54) is 25.7 Å². The number of nitrogens with zero attached hydrogens (tertiary/aromatic N) is 4. The lowest BCUT2D eigenvalue weighted by atomic mass is 10.3. The van der Waals surface area contributed by atoms with Gasteiger partial charge in [-0.3, -0.25) is 0 Å². The van der Waals surface area contributed by atoms with Crippen molar-refractivity contribution in [1.82, 2.24) is 20.2 Å². The van der Waals surface area contributed by atoms with E-state index in [0.717, 1.165) is 23.1 Å². The lowest BCUT2D eigenvalue weighted by Crippen LogP contribution is -2.10. The van der Waals surface area contributed by atoms with Gasteiger partial charge in [-0.1, -0.05) is 42.8 Å². The molecule has 1 aliphatic carbocycles. The summed E-state index contributed by atoms with van der Waals surface area (Å²) in [6.45, 7) is 0.909. The van der Waals surface area contributed by atoms with Gasteiger partial charge in [-0.05, 0) is 35.4 Å². The SMILES string of the molecule is c1ccc(NCCSc2nnnn2C2CCCC2)cc1. The highest BCUT2D eigenvalue weighted by atomic mass is 32.2. The van der Waals surface area contributed by atoms with Crippen LogP contribution in [-0.2, 0) is 0 Å². The molecule has 6 heteroatoms. The van der Waals surface area contributed by atoms with Gasteiger partial charge in [0.15, 0.2) is 0 Å². The van der Waals surface area contributed by atoms with Crippen molar-refractivity contribution < 1.29 is 0 Å². The number of tetrazole rings is 1. The molecule has 1 heterocycles. The summed E-state index contributed by atoms with van der Waals surface area (Å²) in [5.41, 5.74) is 1.16. The smallest absolute Gasteiger partial charge is 0.209 e. The molecule has 20 heavy (non-hydrogen) atoms. The molecule has 1 aromatic heterocycles. The number of hydrogen-bond donors (Lipinski definition) is 1. The van der Waals surface area contributed by atoms with E-state index < -0.39 is 0 Å². The van der Waals surface area contributed by atoms with Crippen molar-refractivity contribution in [2.75, 3.05) is 17.6 Å². The van der Waals surface area contributed by atoms with E-state index >= 15 is 0 Å². The van der Waals surface area contributed by atoms with Crippen molar-refractivity contribution in [3.63, 3.8) is 0 Å². The summed E-state index contributed by atoms with van der Waals surface area (Å²) in [5.74, 6) is 0.960. The minimum absolute atomic E-state index is 0.509. The van der Waals surface area contributed by atoms with Gasteiger partial charge >= 0.3 is 0 Å². The Hall–Kier alpha value is -1.56. The maximum Gasteiger partial charge on any atom is 0.209 e. The lowest BCUT2D eigenvalue weighted by Gasteiger charge is -2.11. The van der Waals surface area contributed by atoms with Gasteiger partial charge in [-0.2, -0.15) is 0 Å². The third-order valence-electron chi connectivity index (χ3n) is 3.57. The maximum atomic E-state index is 4.15. The fourth-order valence-electron chi connectivity index (χ4n) is 2.55. The summed E-state index contributed by atoms with van der Waals surface area (Å²) in [5, 5.41) is 16.5. The Morgan fingerprint density at radius 3 is 2.80 bits per heavy atom. The van der Waals surface area contributed by atoms with Crippen LogP contribution in [0.4, 0.5) is 5.69 Å². The van der Waals surface area contributed by atoms with Crippen molar-refractivity contribution >= 4 is 17.4 Å². The number of aromatic nitrogens is 4. The molecule has 0 spiro atoms. The van der Waals surface area contributed by atoms with Gasteiger partial charge in [-0.25, -0.2) is 4.68 Å². The zero-order valence-corrected chi connectivity index (χ0v) is 12.2. The van der Waals surface area contributed by atoms with Gasteiger partial charge in [0.25, 0.3) is 0 Å². The van der Waals surface area contributed by atoms with Gasteiger partial charge in [0.05, 0.1) is 6.04 Å². The molecular formula is C14H19N5S. The van der Waals surface area contributed by atoms with Gasteiger partial charge < -0.3 is 5.32 Å². The summed E-state index contributed by atoms with van der Waals surface area (Å²) >= 11 is 1.72. The summed E-state index contributed by atoms with van der Waals surface area (Å²) in [6, 6.07) is 10.8. The van der Waals surface area contributed by atoms with E-state index in [-0.39, 0.29) is 0 Å². The van der Waals surface area contributed by atoms with Crippen LogP contribution in [-0.4, -0.2) is 32.5 Å². The minimum atomic E-state index is 0.509. The van der Waals surface area contributed by atoms with Crippen LogP contribution in [0.1, 0.15) is 31.7 Å². The largest absolute Gasteiger partial charge is 0.384 e. The Morgan fingerprint density at radius 2 is 2.00 bits per heavy atom. The molecule has 0 radical (unpaired) electrons. The summed E-state index contributed by atoms with van der Waals surface area (Å²) < 4.78 is 2.01. The van der Waals surface area contributed by atoms with E-state index in [0.29, 0.717) is 6.04 Å². The molecule has 0 bridgehead atoms. The Kier molecular flexibility index (Phi) is 4.53. The summed E-state index contributed by atoms with van der Waals surface area (Å²) in [6.07, 6.45) is 5.01. The predicted octanol–water partition coefficient (Wildman–Crippen LogP) is 2.99. The number of anilines is 1. The van der Waals surface area contributed by atoms with Crippen molar-refractivity contribution in [2.24, 2.45) is 0 Å². The molecule has 1 N–H and O–H groups in total. The number of benzene rings is 1. The van der Waals surface area contributed by atoms with Crippen LogP contribution in [0.25, 0.3) is 0 Å². The average Bonchev–Trinajstić information content (AvgIpc) is 3.15. The molecule has 3 rings (SSSR count). The van der Waals surface area contributed by atoms with Crippen molar-refractivity contribution in [2.45, 2.75) is 36.9 Å². The fraction of sp³-hybridized carbons (Fsp3) is 0.500. The molecule has 0 amide bonds. The number of para-hydroxylation sites is 1. The highest BCUT2D eigenvalue weighted by Gasteiger charge is 2.21. The van der Waals surface area contributed by atoms with Gasteiger partial charge in [0.1, 0.15) is 0 Å². The standard InChI is InChI=1S/C14H19N5S/c1-2-6-12(7-3-1)15-10-11-20-14-16-17-18-19(14)13-8-4-5-9-13/h1-3,6-7,13,15H,4-5,8-11H2. The van der Waals surface area contributed by atoms with Crippen LogP contribution in [0.5, 0.6) is 0 Å². The average molecular weight is 289 g/mol. The van der Waals surface area contributed by atoms with Crippen LogP contribution in [0, 0.1) is 0 Å². The molecule has 0 unspecified atom stereocenters. The normalized spacial score (nSPS) is 15.6. The molecular weight excluding hydrogens is 270 g/mol. The molecule has 1 fully saturated rings. The Bertz CT molecular complexity index is 521. The Labute approximate surface area is 123 Å². The zero-order valence-electron chi connectivity index (χ0n) is 11.4. The first kappa shape index (κ1) is 13.4. The molecule has 0 atom stereocenters. The van der Waals surface area contributed by atoms with Crippen LogP contribution in [0.15, 0.2) is 35.5 Å². The Morgan fingerprint density at radius 1 is 1.20 bits per heavy atom. The van der Waals surface area contributed by atoms with Gasteiger partial charge in [-0.15, -0.1) is 5.10 Å². The van der Waals surface area contributed by atoms with E-state index in [9.17, 15) is 0 Å². The minimum Gasteiger partial charge on any atom is -0.384 e. The molecule has 5 nitrogen and oxygen atoms in total.